The van der Waals surface area contributed by atoms with Crippen molar-refractivity contribution in [3.8, 4) is 10.6 Å². The highest BCUT2D eigenvalue weighted by atomic mass is 79.9. The lowest BCUT2D eigenvalue weighted by molar-refractivity contribution is -0.0586. The second kappa shape index (κ2) is 7.08. The van der Waals surface area contributed by atoms with Crippen molar-refractivity contribution >= 4 is 37.3 Å². The van der Waals surface area contributed by atoms with Gasteiger partial charge in [-0.2, -0.15) is 4.31 Å². The molecule has 0 radical (unpaired) electrons. The SMILES string of the molecule is O=S(=O)(c1csc(-c2ccc(Br)cc2)n1)N1CCO[C@H]2CCCC[C@H]21. The minimum absolute atomic E-state index is 0.0295. The highest BCUT2D eigenvalue weighted by Gasteiger charge is 2.41. The Balaban J connectivity index is 1.63. The topological polar surface area (TPSA) is 59.5 Å². The quantitative estimate of drug-likeness (QED) is 0.722. The molecule has 1 aliphatic carbocycles. The zero-order chi connectivity index (χ0) is 17.4. The molecule has 134 valence electrons. The number of benzene rings is 1. The zero-order valence-electron chi connectivity index (χ0n) is 13.6. The number of morpholine rings is 1. The van der Waals surface area contributed by atoms with E-state index in [0.29, 0.717) is 13.2 Å². The Bertz CT molecular complexity index is 849. The molecule has 0 N–H and O–H groups in total. The molecule has 0 amide bonds. The number of hydrogen-bond acceptors (Lipinski definition) is 5. The van der Waals surface area contributed by atoms with Crippen molar-refractivity contribution in [1.29, 1.82) is 0 Å². The van der Waals surface area contributed by atoms with E-state index in [4.69, 9.17) is 4.74 Å². The maximum atomic E-state index is 13.1. The molecule has 1 saturated carbocycles. The summed E-state index contributed by atoms with van der Waals surface area (Å²) in [6.45, 7) is 0.874. The van der Waals surface area contributed by atoms with E-state index in [9.17, 15) is 8.42 Å². The molecule has 1 aromatic heterocycles. The maximum Gasteiger partial charge on any atom is 0.261 e. The van der Waals surface area contributed by atoms with Crippen molar-refractivity contribution in [1.82, 2.24) is 9.29 Å². The van der Waals surface area contributed by atoms with Crippen LogP contribution in [0, 0.1) is 0 Å². The van der Waals surface area contributed by atoms with Crippen LogP contribution < -0.4 is 0 Å². The van der Waals surface area contributed by atoms with Gasteiger partial charge in [-0.25, -0.2) is 13.4 Å². The number of rotatable bonds is 3. The molecule has 1 aromatic carbocycles. The van der Waals surface area contributed by atoms with Crippen LogP contribution in [0.25, 0.3) is 10.6 Å². The minimum atomic E-state index is -3.58. The highest BCUT2D eigenvalue weighted by Crippen LogP contribution is 2.34. The molecular formula is C17H19BrN2O3S2. The van der Waals surface area contributed by atoms with Gasteiger partial charge in [0.15, 0.2) is 5.03 Å². The Hall–Kier alpha value is -0.800. The first-order valence-electron chi connectivity index (χ1n) is 8.40. The summed E-state index contributed by atoms with van der Waals surface area (Å²) in [5.41, 5.74) is 0.923. The lowest BCUT2D eigenvalue weighted by Crippen LogP contribution is -2.54. The third kappa shape index (κ3) is 3.42. The van der Waals surface area contributed by atoms with Gasteiger partial charge in [-0.3, -0.25) is 0 Å². The van der Waals surface area contributed by atoms with Crippen molar-refractivity contribution in [3.05, 3.63) is 34.1 Å². The highest BCUT2D eigenvalue weighted by molar-refractivity contribution is 9.10. The number of aromatic nitrogens is 1. The van der Waals surface area contributed by atoms with E-state index in [2.05, 4.69) is 20.9 Å². The Morgan fingerprint density at radius 2 is 1.96 bits per heavy atom. The fourth-order valence-electron chi connectivity index (χ4n) is 3.58. The van der Waals surface area contributed by atoms with E-state index in [-0.39, 0.29) is 17.2 Å². The van der Waals surface area contributed by atoms with Crippen LogP contribution in [0.1, 0.15) is 25.7 Å². The number of fused-ring (bicyclic) bond motifs is 1. The number of nitrogens with zero attached hydrogens (tertiary/aromatic N) is 2. The summed E-state index contributed by atoms with van der Waals surface area (Å²) >= 11 is 4.77. The van der Waals surface area contributed by atoms with E-state index in [1.807, 2.05) is 24.3 Å². The molecule has 2 atom stereocenters. The van der Waals surface area contributed by atoms with Crippen LogP contribution in [-0.4, -0.2) is 43.0 Å². The van der Waals surface area contributed by atoms with Crippen molar-refractivity contribution in [3.63, 3.8) is 0 Å². The third-order valence-corrected chi connectivity index (χ3v) is 8.21. The van der Waals surface area contributed by atoms with Crippen LogP contribution in [0.4, 0.5) is 0 Å². The standard InChI is InChI=1S/C17H19BrN2O3S2/c18-13-7-5-12(6-8-13)17-19-16(11-24-17)25(21,22)20-9-10-23-15-4-2-1-3-14(15)20/h5-8,11,14-15H,1-4,9-10H2/t14-,15+/m1/s1. The normalized spacial score (nSPS) is 24.8. The lowest BCUT2D eigenvalue weighted by atomic mass is 9.91. The van der Waals surface area contributed by atoms with E-state index >= 15 is 0 Å². The van der Waals surface area contributed by atoms with Crippen molar-refractivity contribution in [2.75, 3.05) is 13.2 Å². The molecule has 8 heteroatoms. The molecule has 1 saturated heterocycles. The second-order valence-corrected chi connectivity index (χ2v) is 9.99. The number of sulfonamides is 1. The van der Waals surface area contributed by atoms with Crippen LogP contribution in [0.3, 0.4) is 0 Å². The fourth-order valence-corrected chi connectivity index (χ4v) is 6.58. The Morgan fingerprint density at radius 1 is 1.20 bits per heavy atom. The van der Waals surface area contributed by atoms with E-state index < -0.39 is 10.0 Å². The molecule has 2 fully saturated rings. The summed E-state index contributed by atoms with van der Waals surface area (Å²) in [5, 5.41) is 2.53. The molecule has 0 unspecified atom stereocenters. The number of thiazole rings is 1. The zero-order valence-corrected chi connectivity index (χ0v) is 16.8. The molecule has 4 rings (SSSR count). The summed E-state index contributed by atoms with van der Waals surface area (Å²) in [5.74, 6) is 0. The Morgan fingerprint density at radius 3 is 2.76 bits per heavy atom. The first kappa shape index (κ1) is 17.6. The van der Waals surface area contributed by atoms with Gasteiger partial charge in [0.2, 0.25) is 0 Å². The molecular weight excluding hydrogens is 424 g/mol. The fraction of sp³-hybridized carbons (Fsp3) is 0.471. The van der Waals surface area contributed by atoms with Crippen LogP contribution >= 0.6 is 27.3 Å². The molecule has 2 aliphatic rings. The van der Waals surface area contributed by atoms with Crippen molar-refractivity contribution < 1.29 is 13.2 Å². The predicted molar refractivity (Wildman–Crippen MR) is 101 cm³/mol. The van der Waals surface area contributed by atoms with Crippen LogP contribution in [0.5, 0.6) is 0 Å². The lowest BCUT2D eigenvalue weighted by Gasteiger charge is -2.42. The summed E-state index contributed by atoms with van der Waals surface area (Å²) in [7, 11) is -3.58. The van der Waals surface area contributed by atoms with Gasteiger partial charge in [0.1, 0.15) is 5.01 Å². The second-order valence-electron chi connectivity index (χ2n) is 6.37. The van der Waals surface area contributed by atoms with Gasteiger partial charge >= 0.3 is 0 Å². The molecule has 0 spiro atoms. The monoisotopic (exact) mass is 442 g/mol. The number of hydrogen-bond donors (Lipinski definition) is 0. The van der Waals surface area contributed by atoms with Gasteiger partial charge in [0.05, 0.1) is 18.8 Å². The number of halogens is 1. The molecule has 1 aliphatic heterocycles. The summed E-state index contributed by atoms with van der Waals surface area (Å²) in [6.07, 6.45) is 4.00. The van der Waals surface area contributed by atoms with Crippen LogP contribution in [0.2, 0.25) is 0 Å². The van der Waals surface area contributed by atoms with Gasteiger partial charge < -0.3 is 4.74 Å². The molecule has 25 heavy (non-hydrogen) atoms. The smallest absolute Gasteiger partial charge is 0.261 e. The number of ether oxygens (including phenoxy) is 1. The van der Waals surface area contributed by atoms with Gasteiger partial charge in [-0.15, -0.1) is 11.3 Å². The molecule has 2 aromatic rings. The van der Waals surface area contributed by atoms with E-state index in [1.165, 1.54) is 11.3 Å². The maximum absolute atomic E-state index is 13.1. The first-order chi connectivity index (χ1) is 12.1. The molecule has 2 heterocycles. The van der Waals surface area contributed by atoms with Crippen molar-refractivity contribution in [2.24, 2.45) is 0 Å². The van der Waals surface area contributed by atoms with Crippen LogP contribution in [0.15, 0.2) is 39.1 Å². The third-order valence-electron chi connectivity index (χ3n) is 4.83. The minimum Gasteiger partial charge on any atom is -0.375 e. The average molecular weight is 443 g/mol. The van der Waals surface area contributed by atoms with Gasteiger partial charge in [-0.05, 0) is 25.0 Å². The predicted octanol–water partition coefficient (Wildman–Crippen LogP) is 3.90. The Labute approximate surface area is 160 Å². The summed E-state index contributed by atoms with van der Waals surface area (Å²) in [4.78, 5) is 4.43. The average Bonchev–Trinajstić information content (AvgIpc) is 3.13. The van der Waals surface area contributed by atoms with E-state index in [1.54, 1.807) is 9.69 Å². The van der Waals surface area contributed by atoms with Crippen molar-refractivity contribution in [2.45, 2.75) is 42.9 Å². The molecule has 0 bridgehead atoms. The van der Waals surface area contributed by atoms with E-state index in [0.717, 1.165) is 40.7 Å². The summed E-state index contributed by atoms with van der Waals surface area (Å²) < 4.78 is 34.7. The first-order valence-corrected chi connectivity index (χ1v) is 11.5. The van der Waals surface area contributed by atoms with Gasteiger partial charge in [-0.1, -0.05) is 40.9 Å². The molecule has 5 nitrogen and oxygen atoms in total. The van der Waals surface area contributed by atoms with Gasteiger partial charge in [0, 0.05) is 22.0 Å². The van der Waals surface area contributed by atoms with Crippen LogP contribution in [-0.2, 0) is 14.8 Å². The van der Waals surface area contributed by atoms with Gasteiger partial charge in [0.25, 0.3) is 10.0 Å². The largest absolute Gasteiger partial charge is 0.375 e. The summed E-state index contributed by atoms with van der Waals surface area (Å²) in [6, 6.07) is 7.68. The Kier molecular flexibility index (Phi) is 4.98.